The van der Waals surface area contributed by atoms with Crippen molar-refractivity contribution in [3.63, 3.8) is 0 Å². The summed E-state index contributed by atoms with van der Waals surface area (Å²) in [5.74, 6) is 1.42. The molecule has 0 atom stereocenters. The van der Waals surface area contributed by atoms with E-state index in [1.165, 1.54) is 0 Å². The van der Waals surface area contributed by atoms with Gasteiger partial charge in [-0.15, -0.1) is 0 Å². The maximum Gasteiger partial charge on any atom is 0.213 e. The molecule has 18 heavy (non-hydrogen) atoms. The number of rotatable bonds is 5. The van der Waals surface area contributed by atoms with E-state index in [1.807, 2.05) is 25.1 Å². The van der Waals surface area contributed by atoms with Crippen molar-refractivity contribution in [3.05, 3.63) is 36.4 Å². The number of ether oxygens (including phenoxy) is 1. The zero-order valence-corrected chi connectivity index (χ0v) is 10.8. The Labute approximate surface area is 107 Å². The molecule has 4 nitrogen and oxygen atoms in total. The van der Waals surface area contributed by atoms with Gasteiger partial charge in [-0.05, 0) is 25.5 Å². The highest BCUT2D eigenvalue weighted by atomic mass is 16.5. The van der Waals surface area contributed by atoms with Crippen molar-refractivity contribution in [1.29, 1.82) is 0 Å². The van der Waals surface area contributed by atoms with Gasteiger partial charge in [0.25, 0.3) is 0 Å². The molecule has 94 valence electrons. The Hall–Kier alpha value is -1.97. The second-order valence-electron chi connectivity index (χ2n) is 4.08. The van der Waals surface area contributed by atoms with E-state index in [0.717, 1.165) is 36.5 Å². The summed E-state index contributed by atoms with van der Waals surface area (Å²) < 4.78 is 5.52. The van der Waals surface area contributed by atoms with Crippen LogP contribution in [0.3, 0.4) is 0 Å². The highest BCUT2D eigenvalue weighted by Crippen LogP contribution is 2.17. The van der Waals surface area contributed by atoms with Gasteiger partial charge in [0.05, 0.1) is 12.3 Å². The van der Waals surface area contributed by atoms with E-state index in [2.05, 4.69) is 21.9 Å². The van der Waals surface area contributed by atoms with E-state index in [1.54, 1.807) is 12.4 Å². The Balaban J connectivity index is 2.07. The molecule has 0 amide bonds. The second kappa shape index (κ2) is 6.10. The molecule has 2 aromatic rings. The van der Waals surface area contributed by atoms with E-state index < -0.39 is 0 Å². The lowest BCUT2D eigenvalue weighted by molar-refractivity contribution is 0.298. The van der Waals surface area contributed by atoms with Crippen LogP contribution < -0.4 is 4.74 Å². The molecule has 0 saturated carbocycles. The van der Waals surface area contributed by atoms with Crippen LogP contribution in [-0.2, 0) is 0 Å². The average molecular weight is 243 g/mol. The highest BCUT2D eigenvalue weighted by Gasteiger charge is 2.01. The van der Waals surface area contributed by atoms with Gasteiger partial charge >= 0.3 is 0 Å². The monoisotopic (exact) mass is 243 g/mol. The number of aryl methyl sites for hydroxylation is 1. The van der Waals surface area contributed by atoms with Gasteiger partial charge in [0.1, 0.15) is 5.82 Å². The van der Waals surface area contributed by atoms with Crippen LogP contribution in [0.4, 0.5) is 0 Å². The van der Waals surface area contributed by atoms with E-state index >= 15 is 0 Å². The molecule has 0 unspecified atom stereocenters. The zero-order valence-electron chi connectivity index (χ0n) is 10.8. The van der Waals surface area contributed by atoms with Gasteiger partial charge in [-0.1, -0.05) is 13.3 Å². The predicted molar refractivity (Wildman–Crippen MR) is 70.4 cm³/mol. The number of pyridine rings is 1. The molecule has 2 aromatic heterocycles. The van der Waals surface area contributed by atoms with Gasteiger partial charge in [0, 0.05) is 24.0 Å². The summed E-state index contributed by atoms with van der Waals surface area (Å²) in [5.41, 5.74) is 1.86. The lowest BCUT2D eigenvalue weighted by Crippen LogP contribution is -1.98. The van der Waals surface area contributed by atoms with Gasteiger partial charge in [-0.2, -0.15) is 0 Å². The molecular weight excluding hydrogens is 226 g/mol. The Bertz CT molecular complexity index is 497. The number of nitrogens with zero attached hydrogens (tertiary/aromatic N) is 3. The summed E-state index contributed by atoms with van der Waals surface area (Å²) in [6.07, 6.45) is 5.71. The maximum atomic E-state index is 5.52. The molecule has 0 aromatic carbocycles. The van der Waals surface area contributed by atoms with Crippen LogP contribution in [0, 0.1) is 6.92 Å². The van der Waals surface area contributed by atoms with Crippen molar-refractivity contribution in [3.8, 4) is 17.1 Å². The lowest BCUT2D eigenvalue weighted by atomic mass is 10.2. The van der Waals surface area contributed by atoms with E-state index in [4.69, 9.17) is 4.74 Å². The summed E-state index contributed by atoms with van der Waals surface area (Å²) in [6, 6.07) is 5.72. The summed E-state index contributed by atoms with van der Waals surface area (Å²) in [7, 11) is 0. The second-order valence-corrected chi connectivity index (χ2v) is 4.08. The number of unbranched alkanes of at least 4 members (excludes halogenated alkanes) is 1. The molecule has 0 aliphatic heterocycles. The molecule has 2 heterocycles. The number of hydrogen-bond donors (Lipinski definition) is 0. The van der Waals surface area contributed by atoms with Crippen LogP contribution in [0.1, 0.15) is 25.6 Å². The van der Waals surface area contributed by atoms with Crippen molar-refractivity contribution in [2.75, 3.05) is 6.61 Å². The topological polar surface area (TPSA) is 47.9 Å². The Kier molecular flexibility index (Phi) is 4.23. The highest BCUT2D eigenvalue weighted by molar-refractivity contribution is 5.57. The third kappa shape index (κ3) is 3.26. The fourth-order valence-corrected chi connectivity index (χ4v) is 1.56. The van der Waals surface area contributed by atoms with Crippen molar-refractivity contribution < 1.29 is 4.74 Å². The predicted octanol–water partition coefficient (Wildman–Crippen LogP) is 3.03. The minimum absolute atomic E-state index is 0.665. The fourth-order valence-electron chi connectivity index (χ4n) is 1.56. The van der Waals surface area contributed by atoms with Gasteiger partial charge in [0.15, 0.2) is 0 Å². The maximum absolute atomic E-state index is 5.52. The quantitative estimate of drug-likeness (QED) is 0.757. The average Bonchev–Trinajstić information content (AvgIpc) is 2.40. The molecular formula is C14H17N3O. The van der Waals surface area contributed by atoms with Crippen molar-refractivity contribution in [1.82, 2.24) is 15.0 Å². The van der Waals surface area contributed by atoms with E-state index in [9.17, 15) is 0 Å². The van der Waals surface area contributed by atoms with E-state index in [0.29, 0.717) is 5.88 Å². The number of hydrogen-bond acceptors (Lipinski definition) is 4. The first-order valence-electron chi connectivity index (χ1n) is 6.18. The van der Waals surface area contributed by atoms with Crippen LogP contribution in [0.25, 0.3) is 11.3 Å². The van der Waals surface area contributed by atoms with Crippen LogP contribution in [0.5, 0.6) is 5.88 Å². The summed E-state index contributed by atoms with van der Waals surface area (Å²) >= 11 is 0. The zero-order chi connectivity index (χ0) is 12.8. The molecule has 0 fully saturated rings. The van der Waals surface area contributed by atoms with Gasteiger partial charge in [-0.3, -0.25) is 0 Å². The third-order valence-corrected chi connectivity index (χ3v) is 2.56. The molecule has 0 bridgehead atoms. The first kappa shape index (κ1) is 12.5. The lowest BCUT2D eigenvalue weighted by Gasteiger charge is -2.05. The largest absolute Gasteiger partial charge is 0.478 e. The molecule has 2 rings (SSSR count). The van der Waals surface area contributed by atoms with Crippen LogP contribution in [0.15, 0.2) is 30.6 Å². The Morgan fingerprint density at radius 2 is 2.06 bits per heavy atom. The van der Waals surface area contributed by atoms with Gasteiger partial charge in [-0.25, -0.2) is 15.0 Å². The molecule has 0 radical (unpaired) electrons. The Morgan fingerprint density at radius 1 is 1.17 bits per heavy atom. The molecule has 0 N–H and O–H groups in total. The number of aromatic nitrogens is 3. The first-order valence-corrected chi connectivity index (χ1v) is 6.18. The minimum atomic E-state index is 0.665. The Morgan fingerprint density at radius 3 is 2.72 bits per heavy atom. The molecule has 0 spiro atoms. The minimum Gasteiger partial charge on any atom is -0.478 e. The molecule has 0 aliphatic rings. The van der Waals surface area contributed by atoms with Gasteiger partial charge < -0.3 is 4.74 Å². The fraction of sp³-hybridized carbons (Fsp3) is 0.357. The normalized spacial score (nSPS) is 10.3. The van der Waals surface area contributed by atoms with Crippen molar-refractivity contribution >= 4 is 0 Å². The molecule has 4 heteroatoms. The van der Waals surface area contributed by atoms with E-state index in [-0.39, 0.29) is 0 Å². The standard InChI is InChI=1S/C14H17N3O/c1-3-4-9-18-14-6-5-12(10-16-14)13-7-8-15-11(2)17-13/h5-8,10H,3-4,9H2,1-2H3. The smallest absolute Gasteiger partial charge is 0.213 e. The van der Waals surface area contributed by atoms with Crippen LogP contribution in [-0.4, -0.2) is 21.6 Å². The third-order valence-electron chi connectivity index (χ3n) is 2.56. The summed E-state index contributed by atoms with van der Waals surface area (Å²) in [6.45, 7) is 4.73. The van der Waals surface area contributed by atoms with Crippen LogP contribution in [0.2, 0.25) is 0 Å². The SMILES string of the molecule is CCCCOc1ccc(-c2ccnc(C)n2)cn1. The van der Waals surface area contributed by atoms with Gasteiger partial charge in [0.2, 0.25) is 5.88 Å². The van der Waals surface area contributed by atoms with Crippen molar-refractivity contribution in [2.24, 2.45) is 0 Å². The van der Waals surface area contributed by atoms with Crippen LogP contribution >= 0.6 is 0 Å². The van der Waals surface area contributed by atoms with Crippen molar-refractivity contribution in [2.45, 2.75) is 26.7 Å². The summed E-state index contributed by atoms with van der Waals surface area (Å²) in [4.78, 5) is 12.7. The molecule has 0 aliphatic carbocycles. The first-order chi connectivity index (χ1) is 8.79. The molecule has 0 saturated heterocycles. The summed E-state index contributed by atoms with van der Waals surface area (Å²) in [5, 5.41) is 0.